The fraction of sp³-hybridized carbons (Fsp3) is 1.00. The van der Waals surface area contributed by atoms with Crippen molar-refractivity contribution in [1.82, 2.24) is 5.32 Å². The normalized spacial score (nSPS) is 34.1. The molecule has 0 aromatic carbocycles. The summed E-state index contributed by atoms with van der Waals surface area (Å²) in [5.74, 6) is 0.742. The van der Waals surface area contributed by atoms with Gasteiger partial charge in [-0.3, -0.25) is 0 Å². The predicted molar refractivity (Wildman–Crippen MR) is 85.5 cm³/mol. The summed E-state index contributed by atoms with van der Waals surface area (Å²) < 4.78 is 12.3. The third-order valence-corrected chi connectivity index (χ3v) is 5.80. The first-order chi connectivity index (χ1) is 10.3. The van der Waals surface area contributed by atoms with Crippen molar-refractivity contribution in [3.05, 3.63) is 0 Å². The van der Waals surface area contributed by atoms with Crippen LogP contribution >= 0.6 is 0 Å². The molecule has 0 aromatic rings. The minimum absolute atomic E-state index is 0.214. The lowest BCUT2D eigenvalue weighted by atomic mass is 9.73. The molecule has 1 saturated carbocycles. The number of nitrogens with one attached hydrogen (secondary N) is 1. The van der Waals surface area contributed by atoms with E-state index < -0.39 is 0 Å². The molecule has 0 bridgehead atoms. The Bertz CT molecular complexity index is 303. The number of hydrogen-bond donors (Lipinski definition) is 1. The van der Waals surface area contributed by atoms with Crippen LogP contribution in [0.15, 0.2) is 0 Å². The van der Waals surface area contributed by atoms with E-state index in [-0.39, 0.29) is 5.60 Å². The Morgan fingerprint density at radius 1 is 1.10 bits per heavy atom. The third-order valence-electron chi connectivity index (χ3n) is 5.80. The van der Waals surface area contributed by atoms with Crippen molar-refractivity contribution in [2.75, 3.05) is 19.8 Å². The first-order valence-corrected chi connectivity index (χ1v) is 9.32. The fourth-order valence-corrected chi connectivity index (χ4v) is 4.72. The lowest BCUT2D eigenvalue weighted by Crippen LogP contribution is -2.52. The monoisotopic (exact) mass is 295 g/mol. The van der Waals surface area contributed by atoms with Crippen LogP contribution in [0.1, 0.15) is 71.1 Å². The molecule has 0 aromatic heterocycles. The second-order valence-corrected chi connectivity index (χ2v) is 7.38. The van der Waals surface area contributed by atoms with E-state index in [9.17, 15) is 0 Å². The van der Waals surface area contributed by atoms with Crippen molar-refractivity contribution in [3.63, 3.8) is 0 Å². The molecule has 1 aliphatic carbocycles. The average Bonchev–Trinajstić information content (AvgIpc) is 3.03. The highest BCUT2D eigenvalue weighted by Gasteiger charge is 2.43. The Balaban J connectivity index is 1.65. The van der Waals surface area contributed by atoms with Gasteiger partial charge in [0, 0.05) is 19.3 Å². The van der Waals surface area contributed by atoms with Crippen LogP contribution in [0.4, 0.5) is 0 Å². The van der Waals surface area contributed by atoms with Crippen molar-refractivity contribution in [2.45, 2.75) is 88.9 Å². The zero-order valence-electron chi connectivity index (χ0n) is 13.7. The molecule has 0 amide bonds. The SMILES string of the molecule is CCCNC(C1CCOC2(CCCCC2)C1)C1CCCO1. The second kappa shape index (κ2) is 7.43. The number of ether oxygens (including phenoxy) is 2. The Morgan fingerprint density at radius 2 is 1.95 bits per heavy atom. The third kappa shape index (κ3) is 3.80. The smallest absolute Gasteiger partial charge is 0.0731 e. The predicted octanol–water partition coefficient (Wildman–Crippen LogP) is 3.66. The summed E-state index contributed by atoms with van der Waals surface area (Å²) in [6.07, 6.45) is 13.3. The molecule has 1 spiro atoms. The van der Waals surface area contributed by atoms with Gasteiger partial charge in [0.15, 0.2) is 0 Å². The highest BCUT2D eigenvalue weighted by atomic mass is 16.5. The summed E-state index contributed by atoms with van der Waals surface area (Å²) >= 11 is 0. The minimum atomic E-state index is 0.214. The number of rotatable bonds is 5. The van der Waals surface area contributed by atoms with Gasteiger partial charge in [-0.2, -0.15) is 0 Å². The van der Waals surface area contributed by atoms with Crippen LogP contribution in [0.25, 0.3) is 0 Å². The fourth-order valence-electron chi connectivity index (χ4n) is 4.72. The van der Waals surface area contributed by atoms with E-state index in [0.29, 0.717) is 12.1 Å². The Labute approximate surface area is 130 Å². The maximum absolute atomic E-state index is 6.29. The van der Waals surface area contributed by atoms with Gasteiger partial charge < -0.3 is 14.8 Å². The maximum atomic E-state index is 6.29. The highest BCUT2D eigenvalue weighted by molar-refractivity contribution is 4.96. The quantitative estimate of drug-likeness (QED) is 0.839. The van der Waals surface area contributed by atoms with Crippen LogP contribution < -0.4 is 5.32 Å². The van der Waals surface area contributed by atoms with Gasteiger partial charge in [0.05, 0.1) is 11.7 Å². The largest absolute Gasteiger partial charge is 0.377 e. The van der Waals surface area contributed by atoms with Crippen molar-refractivity contribution in [2.24, 2.45) is 5.92 Å². The van der Waals surface area contributed by atoms with E-state index in [1.54, 1.807) is 0 Å². The molecule has 2 aliphatic heterocycles. The molecular weight excluding hydrogens is 262 g/mol. The van der Waals surface area contributed by atoms with E-state index in [1.807, 2.05) is 0 Å². The van der Waals surface area contributed by atoms with Gasteiger partial charge in [-0.15, -0.1) is 0 Å². The standard InChI is InChI=1S/C18H33NO2/c1-2-11-19-17(16-7-6-12-20-16)15-8-13-21-18(14-15)9-4-3-5-10-18/h15-17,19H,2-14H2,1H3. The molecule has 3 fully saturated rings. The molecule has 0 radical (unpaired) electrons. The van der Waals surface area contributed by atoms with Gasteiger partial charge >= 0.3 is 0 Å². The molecule has 3 rings (SSSR count). The lowest BCUT2D eigenvalue weighted by Gasteiger charge is -2.46. The lowest BCUT2D eigenvalue weighted by molar-refractivity contribution is -0.127. The van der Waals surface area contributed by atoms with Crippen LogP contribution in [-0.4, -0.2) is 37.5 Å². The minimum Gasteiger partial charge on any atom is -0.377 e. The molecule has 2 saturated heterocycles. The molecule has 1 N–H and O–H groups in total. The summed E-state index contributed by atoms with van der Waals surface area (Å²) in [4.78, 5) is 0. The van der Waals surface area contributed by atoms with Crippen LogP contribution in [0.3, 0.4) is 0 Å². The van der Waals surface area contributed by atoms with Crippen LogP contribution in [-0.2, 0) is 9.47 Å². The Kier molecular flexibility index (Phi) is 5.58. The van der Waals surface area contributed by atoms with Crippen molar-refractivity contribution in [1.29, 1.82) is 0 Å². The zero-order chi connectivity index (χ0) is 14.5. The van der Waals surface area contributed by atoms with Crippen molar-refractivity contribution in [3.8, 4) is 0 Å². The topological polar surface area (TPSA) is 30.5 Å². The summed E-state index contributed by atoms with van der Waals surface area (Å²) in [7, 11) is 0. The second-order valence-electron chi connectivity index (χ2n) is 7.38. The van der Waals surface area contributed by atoms with Crippen LogP contribution in [0, 0.1) is 5.92 Å². The van der Waals surface area contributed by atoms with E-state index in [0.717, 1.165) is 25.7 Å². The Morgan fingerprint density at radius 3 is 2.67 bits per heavy atom. The maximum Gasteiger partial charge on any atom is 0.0731 e. The van der Waals surface area contributed by atoms with Gasteiger partial charge in [-0.1, -0.05) is 26.2 Å². The van der Waals surface area contributed by atoms with Crippen molar-refractivity contribution < 1.29 is 9.47 Å². The molecule has 3 aliphatic rings. The summed E-state index contributed by atoms with van der Waals surface area (Å²) in [5.41, 5.74) is 0.214. The molecule has 3 unspecified atom stereocenters. The summed E-state index contributed by atoms with van der Waals surface area (Å²) in [6, 6.07) is 0.551. The molecule has 3 nitrogen and oxygen atoms in total. The van der Waals surface area contributed by atoms with Gasteiger partial charge in [0.25, 0.3) is 0 Å². The van der Waals surface area contributed by atoms with Gasteiger partial charge in [-0.25, -0.2) is 0 Å². The molecule has 122 valence electrons. The summed E-state index contributed by atoms with van der Waals surface area (Å²) in [6.45, 7) is 5.30. The average molecular weight is 295 g/mol. The number of hydrogen-bond acceptors (Lipinski definition) is 3. The van der Waals surface area contributed by atoms with E-state index >= 15 is 0 Å². The zero-order valence-corrected chi connectivity index (χ0v) is 13.7. The Hall–Kier alpha value is -0.120. The van der Waals surface area contributed by atoms with Crippen LogP contribution in [0.2, 0.25) is 0 Å². The molecular formula is C18H33NO2. The molecule has 21 heavy (non-hydrogen) atoms. The van der Waals surface area contributed by atoms with E-state index in [1.165, 1.54) is 64.2 Å². The van der Waals surface area contributed by atoms with E-state index in [4.69, 9.17) is 9.47 Å². The van der Waals surface area contributed by atoms with E-state index in [2.05, 4.69) is 12.2 Å². The van der Waals surface area contributed by atoms with Gasteiger partial charge in [0.1, 0.15) is 0 Å². The molecule has 3 heteroatoms. The molecule has 3 atom stereocenters. The van der Waals surface area contributed by atoms with Crippen molar-refractivity contribution >= 4 is 0 Å². The first kappa shape index (κ1) is 15.8. The first-order valence-electron chi connectivity index (χ1n) is 9.32. The van der Waals surface area contributed by atoms with Crippen LogP contribution in [0.5, 0.6) is 0 Å². The highest BCUT2D eigenvalue weighted by Crippen LogP contribution is 2.42. The van der Waals surface area contributed by atoms with Gasteiger partial charge in [0.2, 0.25) is 0 Å². The summed E-state index contributed by atoms with van der Waals surface area (Å²) in [5, 5.41) is 3.82. The van der Waals surface area contributed by atoms with Gasteiger partial charge in [-0.05, 0) is 57.4 Å². The molecule has 2 heterocycles.